The highest BCUT2D eigenvalue weighted by atomic mass is 16.7. The van der Waals surface area contributed by atoms with Crippen LogP contribution in [0.25, 0.3) is 0 Å². The Bertz CT molecular complexity index is 874. The lowest BCUT2D eigenvalue weighted by atomic mass is 9.99. The summed E-state index contributed by atoms with van der Waals surface area (Å²) in [4.78, 5) is 26.7. The van der Waals surface area contributed by atoms with E-state index < -0.39 is 11.8 Å². The van der Waals surface area contributed by atoms with Gasteiger partial charge in [0.25, 0.3) is 0 Å². The largest absolute Gasteiger partial charge is 0.454 e. The SMILES string of the molecule is CC1CCN(c2ccc(NC(=O)C(=O)Nc3ccc4c(c3)OCO4)cc2)CC1. The van der Waals surface area contributed by atoms with E-state index in [2.05, 4.69) is 22.5 Å². The fourth-order valence-electron chi connectivity index (χ4n) is 3.37. The van der Waals surface area contributed by atoms with Crippen LogP contribution in [0, 0.1) is 5.92 Å². The lowest BCUT2D eigenvalue weighted by Crippen LogP contribution is -2.32. The molecule has 2 heterocycles. The molecule has 2 amide bonds. The zero-order valence-electron chi connectivity index (χ0n) is 15.7. The summed E-state index contributed by atoms with van der Waals surface area (Å²) in [5.74, 6) is 0.467. The van der Waals surface area contributed by atoms with Crippen molar-refractivity contribution in [3.63, 3.8) is 0 Å². The highest BCUT2D eigenvalue weighted by molar-refractivity contribution is 6.43. The minimum atomic E-state index is -0.743. The van der Waals surface area contributed by atoms with Crippen molar-refractivity contribution < 1.29 is 19.1 Å². The number of amides is 2. The predicted molar refractivity (Wildman–Crippen MR) is 107 cm³/mol. The topological polar surface area (TPSA) is 79.9 Å². The predicted octanol–water partition coefficient (Wildman–Crippen LogP) is 3.23. The first-order valence-corrected chi connectivity index (χ1v) is 9.45. The smallest absolute Gasteiger partial charge is 0.314 e. The van der Waals surface area contributed by atoms with Crippen LogP contribution < -0.4 is 25.0 Å². The zero-order chi connectivity index (χ0) is 19.5. The van der Waals surface area contributed by atoms with Crippen LogP contribution in [0.3, 0.4) is 0 Å². The highest BCUT2D eigenvalue weighted by Crippen LogP contribution is 2.34. The highest BCUT2D eigenvalue weighted by Gasteiger charge is 2.19. The molecule has 2 aromatic carbocycles. The van der Waals surface area contributed by atoms with E-state index in [0.29, 0.717) is 22.9 Å². The number of carbonyl (C=O) groups is 2. The molecule has 2 aliphatic rings. The van der Waals surface area contributed by atoms with Crippen molar-refractivity contribution in [2.45, 2.75) is 19.8 Å². The van der Waals surface area contributed by atoms with E-state index in [-0.39, 0.29) is 6.79 Å². The average molecular weight is 381 g/mol. The molecule has 1 fully saturated rings. The van der Waals surface area contributed by atoms with Gasteiger partial charge in [-0.2, -0.15) is 0 Å². The van der Waals surface area contributed by atoms with Crippen LogP contribution in [0.1, 0.15) is 19.8 Å². The van der Waals surface area contributed by atoms with Crippen molar-refractivity contribution in [3.8, 4) is 11.5 Å². The van der Waals surface area contributed by atoms with Crippen molar-refractivity contribution in [1.82, 2.24) is 0 Å². The molecule has 4 rings (SSSR count). The number of nitrogens with one attached hydrogen (secondary N) is 2. The molecule has 0 spiro atoms. The molecule has 146 valence electrons. The summed E-state index contributed by atoms with van der Waals surface area (Å²) in [6.07, 6.45) is 2.39. The van der Waals surface area contributed by atoms with Crippen molar-refractivity contribution >= 4 is 28.9 Å². The van der Waals surface area contributed by atoms with Gasteiger partial charge in [0.05, 0.1) is 0 Å². The molecular weight excluding hydrogens is 358 g/mol. The Balaban J connectivity index is 1.33. The summed E-state index contributed by atoms with van der Waals surface area (Å²) < 4.78 is 10.5. The lowest BCUT2D eigenvalue weighted by molar-refractivity contribution is -0.132. The molecule has 28 heavy (non-hydrogen) atoms. The molecule has 0 aliphatic carbocycles. The summed E-state index contributed by atoms with van der Waals surface area (Å²) in [6.45, 7) is 4.53. The second-order valence-corrected chi connectivity index (χ2v) is 7.19. The maximum atomic E-state index is 12.2. The number of hydrogen-bond donors (Lipinski definition) is 2. The maximum absolute atomic E-state index is 12.2. The van der Waals surface area contributed by atoms with Gasteiger partial charge >= 0.3 is 11.8 Å². The number of rotatable bonds is 3. The minimum Gasteiger partial charge on any atom is -0.454 e. The van der Waals surface area contributed by atoms with Gasteiger partial charge in [0.2, 0.25) is 6.79 Å². The van der Waals surface area contributed by atoms with E-state index >= 15 is 0 Å². The van der Waals surface area contributed by atoms with Crippen LogP contribution in [-0.4, -0.2) is 31.7 Å². The molecule has 2 N–H and O–H groups in total. The number of hydrogen-bond acceptors (Lipinski definition) is 5. The molecule has 0 atom stereocenters. The molecule has 2 aromatic rings. The van der Waals surface area contributed by atoms with Gasteiger partial charge in [-0.1, -0.05) is 6.92 Å². The lowest BCUT2D eigenvalue weighted by Gasteiger charge is -2.32. The Morgan fingerprint density at radius 3 is 2.21 bits per heavy atom. The second kappa shape index (κ2) is 7.80. The van der Waals surface area contributed by atoms with Gasteiger partial charge in [0, 0.05) is 36.2 Å². The summed E-state index contributed by atoms with van der Waals surface area (Å²) in [5.41, 5.74) is 2.19. The molecule has 0 radical (unpaired) electrons. The molecule has 0 aromatic heterocycles. The summed E-state index contributed by atoms with van der Waals surface area (Å²) in [7, 11) is 0. The third-order valence-electron chi connectivity index (χ3n) is 5.11. The summed E-state index contributed by atoms with van der Waals surface area (Å²) in [5, 5.41) is 5.19. The van der Waals surface area contributed by atoms with Crippen LogP contribution in [0.2, 0.25) is 0 Å². The van der Waals surface area contributed by atoms with Crippen molar-refractivity contribution in [1.29, 1.82) is 0 Å². The Kier molecular flexibility index (Phi) is 5.06. The first-order valence-electron chi connectivity index (χ1n) is 9.45. The van der Waals surface area contributed by atoms with Gasteiger partial charge in [0.1, 0.15) is 0 Å². The summed E-state index contributed by atoms with van der Waals surface area (Å²) in [6, 6.07) is 12.6. The Labute approximate surface area is 163 Å². The Morgan fingerprint density at radius 1 is 0.893 bits per heavy atom. The number of nitrogens with zero attached hydrogens (tertiary/aromatic N) is 1. The molecule has 7 nitrogen and oxygen atoms in total. The number of piperidine rings is 1. The number of benzene rings is 2. The van der Waals surface area contributed by atoms with Crippen molar-refractivity contribution in [2.75, 3.05) is 35.4 Å². The standard InChI is InChI=1S/C21H23N3O4/c1-14-8-10-24(11-9-14)17-5-2-15(3-6-17)22-20(25)21(26)23-16-4-7-18-19(12-16)28-13-27-18/h2-7,12,14H,8-11,13H2,1H3,(H,22,25)(H,23,26). The monoisotopic (exact) mass is 381 g/mol. The quantitative estimate of drug-likeness (QED) is 0.798. The first-order chi connectivity index (χ1) is 13.6. The van der Waals surface area contributed by atoms with Gasteiger partial charge in [-0.25, -0.2) is 0 Å². The normalized spacial score (nSPS) is 16.0. The van der Waals surface area contributed by atoms with Gasteiger partial charge < -0.3 is 25.0 Å². The third kappa shape index (κ3) is 4.03. The Morgan fingerprint density at radius 2 is 1.50 bits per heavy atom. The van der Waals surface area contributed by atoms with E-state index in [1.807, 2.05) is 24.3 Å². The van der Waals surface area contributed by atoms with E-state index in [0.717, 1.165) is 24.7 Å². The van der Waals surface area contributed by atoms with Crippen LogP contribution in [0.5, 0.6) is 11.5 Å². The zero-order valence-corrected chi connectivity index (χ0v) is 15.7. The molecule has 0 saturated carbocycles. The fraction of sp³-hybridized carbons (Fsp3) is 0.333. The van der Waals surface area contributed by atoms with Gasteiger partial charge in [-0.15, -0.1) is 0 Å². The van der Waals surface area contributed by atoms with Gasteiger partial charge in [0.15, 0.2) is 11.5 Å². The van der Waals surface area contributed by atoms with Crippen LogP contribution in [-0.2, 0) is 9.59 Å². The first kappa shape index (κ1) is 18.2. The number of carbonyl (C=O) groups excluding carboxylic acids is 2. The number of anilines is 3. The molecule has 2 aliphatic heterocycles. The van der Waals surface area contributed by atoms with Crippen LogP contribution >= 0.6 is 0 Å². The molecule has 0 unspecified atom stereocenters. The molecular formula is C21H23N3O4. The third-order valence-corrected chi connectivity index (χ3v) is 5.11. The molecule has 1 saturated heterocycles. The average Bonchev–Trinajstić information content (AvgIpc) is 3.17. The van der Waals surface area contributed by atoms with E-state index in [9.17, 15) is 9.59 Å². The van der Waals surface area contributed by atoms with E-state index in [1.54, 1.807) is 18.2 Å². The molecule has 0 bridgehead atoms. The maximum Gasteiger partial charge on any atom is 0.314 e. The number of ether oxygens (including phenoxy) is 2. The number of fused-ring (bicyclic) bond motifs is 1. The van der Waals surface area contributed by atoms with Crippen LogP contribution in [0.4, 0.5) is 17.1 Å². The van der Waals surface area contributed by atoms with Gasteiger partial charge in [-0.3, -0.25) is 9.59 Å². The Hall–Kier alpha value is -3.22. The van der Waals surface area contributed by atoms with Crippen molar-refractivity contribution in [3.05, 3.63) is 42.5 Å². The second-order valence-electron chi connectivity index (χ2n) is 7.19. The minimum absolute atomic E-state index is 0.152. The summed E-state index contributed by atoms with van der Waals surface area (Å²) >= 11 is 0. The molecule has 7 heteroatoms. The fourth-order valence-corrected chi connectivity index (χ4v) is 3.37. The van der Waals surface area contributed by atoms with Gasteiger partial charge in [-0.05, 0) is 55.2 Å². The van der Waals surface area contributed by atoms with Crippen molar-refractivity contribution in [2.24, 2.45) is 5.92 Å². The van der Waals surface area contributed by atoms with E-state index in [1.165, 1.54) is 12.8 Å². The van der Waals surface area contributed by atoms with Crippen LogP contribution in [0.15, 0.2) is 42.5 Å². The van der Waals surface area contributed by atoms with E-state index in [4.69, 9.17) is 9.47 Å².